The molecule has 33 heavy (non-hydrogen) atoms. The largest absolute Gasteiger partial charge is 0.491 e. The number of alkyl carbamates (subject to hydrolysis) is 1. The van der Waals surface area contributed by atoms with Crippen LogP contribution in [0, 0.1) is 0 Å². The Hall–Kier alpha value is -3.84. The van der Waals surface area contributed by atoms with Crippen molar-refractivity contribution in [2.75, 3.05) is 19.8 Å². The second kappa shape index (κ2) is 10.2. The third kappa shape index (κ3) is 5.51. The molecule has 1 unspecified atom stereocenters. The molecule has 0 saturated heterocycles. The van der Waals surface area contributed by atoms with Gasteiger partial charge < -0.3 is 25.0 Å². The molecule has 7 nitrogen and oxygen atoms in total. The van der Waals surface area contributed by atoms with Crippen LogP contribution in [0.1, 0.15) is 22.6 Å². The van der Waals surface area contributed by atoms with E-state index in [-0.39, 0.29) is 32.1 Å². The molecule has 0 spiro atoms. The van der Waals surface area contributed by atoms with Gasteiger partial charge in [-0.25, -0.2) is 4.79 Å². The summed E-state index contributed by atoms with van der Waals surface area (Å²) in [5.41, 5.74) is 5.24. The fraction of sp³-hybridized carbons (Fsp3) is 0.231. The quantitative estimate of drug-likeness (QED) is 0.463. The average molecular weight is 447 g/mol. The lowest BCUT2D eigenvalue weighted by Gasteiger charge is -2.16. The summed E-state index contributed by atoms with van der Waals surface area (Å²) in [6, 6.07) is 22.8. The zero-order chi connectivity index (χ0) is 23.2. The number of nitrogens with one attached hydrogen (secondary N) is 1. The van der Waals surface area contributed by atoms with Crippen molar-refractivity contribution in [3.8, 4) is 16.9 Å². The highest BCUT2D eigenvalue weighted by molar-refractivity contribution is 5.79. The van der Waals surface area contributed by atoms with E-state index in [1.807, 2.05) is 24.3 Å². The van der Waals surface area contributed by atoms with Crippen molar-refractivity contribution in [3.63, 3.8) is 0 Å². The predicted octanol–water partition coefficient (Wildman–Crippen LogP) is 3.59. The molecule has 1 aliphatic carbocycles. The van der Waals surface area contributed by atoms with E-state index in [1.165, 1.54) is 0 Å². The van der Waals surface area contributed by atoms with Crippen LogP contribution in [0.2, 0.25) is 0 Å². The normalized spacial score (nSPS) is 13.0. The molecule has 1 atom stereocenters. The van der Waals surface area contributed by atoms with Crippen molar-refractivity contribution in [2.24, 2.45) is 0 Å². The first kappa shape index (κ1) is 22.4. The molecule has 0 aliphatic heterocycles. The van der Waals surface area contributed by atoms with Crippen molar-refractivity contribution in [1.82, 2.24) is 5.32 Å². The van der Waals surface area contributed by atoms with Crippen molar-refractivity contribution in [1.29, 1.82) is 0 Å². The molecular formula is C26H25NO6. The number of amides is 1. The van der Waals surface area contributed by atoms with E-state index in [9.17, 15) is 14.7 Å². The summed E-state index contributed by atoms with van der Waals surface area (Å²) >= 11 is 0. The molecule has 0 bridgehead atoms. The molecule has 4 rings (SSSR count). The van der Waals surface area contributed by atoms with E-state index < -0.39 is 18.2 Å². The zero-order valence-electron chi connectivity index (χ0n) is 17.9. The van der Waals surface area contributed by atoms with Gasteiger partial charge in [0.05, 0.1) is 13.0 Å². The number of hydrogen-bond acceptors (Lipinski definition) is 5. The molecule has 0 fully saturated rings. The minimum Gasteiger partial charge on any atom is -0.491 e. The van der Waals surface area contributed by atoms with Gasteiger partial charge >= 0.3 is 12.1 Å². The Morgan fingerprint density at radius 2 is 1.52 bits per heavy atom. The minimum absolute atomic E-state index is 0.0201. The molecule has 3 aromatic carbocycles. The van der Waals surface area contributed by atoms with Gasteiger partial charge in [-0.3, -0.25) is 4.79 Å². The molecule has 0 saturated carbocycles. The maximum atomic E-state index is 12.2. The number of carboxylic acid groups (broad SMARTS) is 1. The van der Waals surface area contributed by atoms with Crippen molar-refractivity contribution < 1.29 is 29.3 Å². The van der Waals surface area contributed by atoms with Crippen LogP contribution >= 0.6 is 0 Å². The third-order valence-electron chi connectivity index (χ3n) is 5.55. The van der Waals surface area contributed by atoms with E-state index in [4.69, 9.17) is 14.6 Å². The van der Waals surface area contributed by atoms with Crippen LogP contribution in [-0.2, 0) is 16.0 Å². The number of aliphatic hydroxyl groups excluding tert-OH is 1. The van der Waals surface area contributed by atoms with Gasteiger partial charge in [0, 0.05) is 5.92 Å². The zero-order valence-corrected chi connectivity index (χ0v) is 17.9. The summed E-state index contributed by atoms with van der Waals surface area (Å²) in [7, 11) is 0. The SMILES string of the molecule is O=C(O)Cc1ccc(OCC(O)CNC(=O)OCC2c3ccccc3-c3ccccc32)cc1. The van der Waals surface area contributed by atoms with E-state index in [2.05, 4.69) is 29.6 Å². The number of ether oxygens (including phenoxy) is 2. The van der Waals surface area contributed by atoms with Crippen molar-refractivity contribution in [3.05, 3.63) is 89.5 Å². The molecule has 1 aliphatic rings. The number of aliphatic hydroxyl groups is 1. The Kier molecular flexibility index (Phi) is 6.90. The summed E-state index contributed by atoms with van der Waals surface area (Å²) in [5.74, 6) is -0.428. The van der Waals surface area contributed by atoms with Crippen LogP contribution in [-0.4, -0.2) is 48.1 Å². The highest BCUT2D eigenvalue weighted by Gasteiger charge is 2.29. The van der Waals surface area contributed by atoms with E-state index >= 15 is 0 Å². The summed E-state index contributed by atoms with van der Waals surface area (Å²) in [5, 5.41) is 21.5. The lowest BCUT2D eigenvalue weighted by Crippen LogP contribution is -2.36. The minimum atomic E-state index is -0.927. The number of carbonyl (C=O) groups is 2. The highest BCUT2D eigenvalue weighted by atomic mass is 16.5. The van der Waals surface area contributed by atoms with Crippen LogP contribution in [0.15, 0.2) is 72.8 Å². The lowest BCUT2D eigenvalue weighted by molar-refractivity contribution is -0.136. The maximum absolute atomic E-state index is 12.2. The molecular weight excluding hydrogens is 422 g/mol. The molecule has 3 N–H and O–H groups in total. The van der Waals surface area contributed by atoms with Crippen LogP contribution in [0.5, 0.6) is 5.75 Å². The number of carbonyl (C=O) groups excluding carboxylic acids is 1. The summed E-state index contributed by atoms with van der Waals surface area (Å²) in [6.07, 6.45) is -1.59. The first-order valence-corrected chi connectivity index (χ1v) is 10.7. The van der Waals surface area contributed by atoms with E-state index in [0.717, 1.165) is 22.3 Å². The van der Waals surface area contributed by atoms with E-state index in [0.29, 0.717) is 11.3 Å². The van der Waals surface area contributed by atoms with Crippen LogP contribution in [0.3, 0.4) is 0 Å². The number of fused-ring (bicyclic) bond motifs is 3. The third-order valence-corrected chi connectivity index (χ3v) is 5.55. The fourth-order valence-corrected chi connectivity index (χ4v) is 3.98. The van der Waals surface area contributed by atoms with Crippen molar-refractivity contribution >= 4 is 12.1 Å². The van der Waals surface area contributed by atoms with Crippen LogP contribution in [0.4, 0.5) is 4.79 Å². The number of benzene rings is 3. The van der Waals surface area contributed by atoms with Crippen LogP contribution < -0.4 is 10.1 Å². The summed E-state index contributed by atoms with van der Waals surface area (Å²) < 4.78 is 10.9. The van der Waals surface area contributed by atoms with Gasteiger partial charge in [-0.05, 0) is 39.9 Å². The molecule has 7 heteroatoms. The Bertz CT molecular complexity index is 1080. The maximum Gasteiger partial charge on any atom is 0.407 e. The number of carboxylic acids is 1. The van der Waals surface area contributed by atoms with E-state index in [1.54, 1.807) is 24.3 Å². The number of rotatable bonds is 9. The van der Waals surface area contributed by atoms with Crippen molar-refractivity contribution in [2.45, 2.75) is 18.4 Å². The molecule has 0 aromatic heterocycles. The number of aliphatic carboxylic acids is 1. The molecule has 0 heterocycles. The fourth-order valence-electron chi connectivity index (χ4n) is 3.98. The van der Waals surface area contributed by atoms with Gasteiger partial charge in [-0.15, -0.1) is 0 Å². The van der Waals surface area contributed by atoms with Gasteiger partial charge in [0.15, 0.2) is 0 Å². The average Bonchev–Trinajstić information content (AvgIpc) is 3.14. The first-order valence-electron chi connectivity index (χ1n) is 10.7. The van der Waals surface area contributed by atoms with Gasteiger partial charge in [-0.1, -0.05) is 60.7 Å². The molecule has 170 valence electrons. The number of hydrogen-bond donors (Lipinski definition) is 3. The van der Waals surface area contributed by atoms with Gasteiger partial charge in [0.1, 0.15) is 25.1 Å². The topological polar surface area (TPSA) is 105 Å². The highest BCUT2D eigenvalue weighted by Crippen LogP contribution is 2.44. The smallest absolute Gasteiger partial charge is 0.407 e. The predicted molar refractivity (Wildman–Crippen MR) is 122 cm³/mol. The molecule has 0 radical (unpaired) electrons. The van der Waals surface area contributed by atoms with Crippen LogP contribution in [0.25, 0.3) is 11.1 Å². The Labute approximate surface area is 191 Å². The first-order chi connectivity index (χ1) is 16.0. The molecule has 1 amide bonds. The molecule has 3 aromatic rings. The van der Waals surface area contributed by atoms with Gasteiger partial charge in [-0.2, -0.15) is 0 Å². The summed E-state index contributed by atoms with van der Waals surface area (Å²) in [4.78, 5) is 22.9. The Morgan fingerprint density at radius 3 is 2.12 bits per heavy atom. The Morgan fingerprint density at radius 1 is 0.909 bits per heavy atom. The standard InChI is InChI=1S/C26H25NO6/c28-18(15-32-19-11-9-17(10-12-19)13-25(29)30)14-27-26(31)33-16-24-22-7-3-1-5-20(22)21-6-2-4-8-23(21)24/h1-12,18,24,28H,13-16H2,(H,27,31)(H,29,30). The Balaban J connectivity index is 1.23. The van der Waals surface area contributed by atoms with Gasteiger partial charge in [0.25, 0.3) is 0 Å². The summed E-state index contributed by atoms with van der Waals surface area (Å²) in [6.45, 7) is 0.158. The second-order valence-electron chi connectivity index (χ2n) is 7.89. The van der Waals surface area contributed by atoms with Gasteiger partial charge in [0.2, 0.25) is 0 Å². The monoisotopic (exact) mass is 447 g/mol. The second-order valence-corrected chi connectivity index (χ2v) is 7.89. The lowest BCUT2D eigenvalue weighted by atomic mass is 9.98.